The van der Waals surface area contributed by atoms with Crippen LogP contribution in [0.3, 0.4) is 0 Å². The fraction of sp³-hybridized carbons (Fsp3) is 0.241. The van der Waals surface area contributed by atoms with Gasteiger partial charge in [-0.2, -0.15) is 0 Å². The number of methoxy groups -OCH3 is 1. The van der Waals surface area contributed by atoms with Gasteiger partial charge in [0.2, 0.25) is 5.91 Å². The molecule has 0 bridgehead atoms. The van der Waals surface area contributed by atoms with E-state index in [4.69, 9.17) is 16.3 Å². The Balaban J connectivity index is 1.42. The molecule has 3 aromatic rings. The zero-order valence-corrected chi connectivity index (χ0v) is 22.1. The molecule has 0 radical (unpaired) electrons. The first-order chi connectivity index (χ1) is 18.4. The highest BCUT2D eigenvalue weighted by Crippen LogP contribution is 2.39. The van der Waals surface area contributed by atoms with Crippen molar-refractivity contribution in [1.29, 1.82) is 0 Å². The van der Waals surface area contributed by atoms with Crippen molar-refractivity contribution < 1.29 is 14.3 Å². The topological polar surface area (TPSA) is 85.9 Å². The van der Waals surface area contributed by atoms with Gasteiger partial charge in [-0.05, 0) is 36.9 Å². The molecule has 1 fully saturated rings. The summed E-state index contributed by atoms with van der Waals surface area (Å²) in [7, 11) is 3.65. The van der Waals surface area contributed by atoms with Gasteiger partial charge in [-0.15, -0.1) is 0 Å². The van der Waals surface area contributed by atoms with Crippen LogP contribution in [-0.4, -0.2) is 68.5 Å². The summed E-state index contributed by atoms with van der Waals surface area (Å²) in [6.07, 6.45) is 0. The molecule has 0 aliphatic carbocycles. The van der Waals surface area contributed by atoms with Gasteiger partial charge in [0.1, 0.15) is 5.75 Å². The van der Waals surface area contributed by atoms with Gasteiger partial charge in [0.25, 0.3) is 5.91 Å². The summed E-state index contributed by atoms with van der Waals surface area (Å²) < 4.78 is 5.61. The number of nitrogens with zero attached hydrogens (tertiary/aromatic N) is 2. The van der Waals surface area contributed by atoms with Crippen molar-refractivity contribution in [3.05, 3.63) is 82.9 Å². The van der Waals surface area contributed by atoms with E-state index in [0.717, 1.165) is 37.3 Å². The molecule has 2 aliphatic heterocycles. The lowest BCUT2D eigenvalue weighted by Gasteiger charge is -2.31. The highest BCUT2D eigenvalue weighted by Gasteiger charge is 2.29. The number of anilines is 3. The first-order valence-corrected chi connectivity index (χ1v) is 12.9. The molecule has 38 heavy (non-hydrogen) atoms. The minimum Gasteiger partial charge on any atom is -0.494 e. The van der Waals surface area contributed by atoms with E-state index in [-0.39, 0.29) is 11.8 Å². The highest BCUT2D eigenvalue weighted by molar-refractivity contribution is 6.38. The quantitative estimate of drug-likeness (QED) is 0.390. The van der Waals surface area contributed by atoms with Crippen LogP contribution >= 0.6 is 11.6 Å². The number of ether oxygens (including phenoxy) is 1. The Labute approximate surface area is 227 Å². The molecular formula is C29H30ClN5O3. The van der Waals surface area contributed by atoms with E-state index < -0.39 is 0 Å². The summed E-state index contributed by atoms with van der Waals surface area (Å²) >= 11 is 6.16. The second kappa shape index (κ2) is 11.3. The number of rotatable bonds is 7. The molecule has 9 heteroatoms. The molecule has 196 valence electrons. The molecular weight excluding hydrogens is 502 g/mol. The number of hydrogen-bond acceptors (Lipinski definition) is 6. The number of likely N-dealkylation sites (N-methyl/N-ethyl adjacent to an activating group) is 1. The van der Waals surface area contributed by atoms with Gasteiger partial charge in [-0.3, -0.25) is 14.5 Å². The zero-order chi connectivity index (χ0) is 26.6. The molecule has 2 heterocycles. The van der Waals surface area contributed by atoms with Gasteiger partial charge in [-0.1, -0.05) is 48.0 Å². The van der Waals surface area contributed by atoms with Gasteiger partial charge in [0, 0.05) is 48.5 Å². The maximum Gasteiger partial charge on any atom is 0.258 e. The maximum atomic E-state index is 13.1. The molecule has 0 atom stereocenters. The molecule has 8 nitrogen and oxygen atoms in total. The Morgan fingerprint density at radius 2 is 1.76 bits per heavy atom. The number of fused-ring (bicyclic) bond motifs is 1. The van der Waals surface area contributed by atoms with Crippen LogP contribution in [-0.2, 0) is 9.59 Å². The normalized spacial score (nSPS) is 17.0. The van der Waals surface area contributed by atoms with Crippen molar-refractivity contribution in [3.63, 3.8) is 0 Å². The zero-order valence-electron chi connectivity index (χ0n) is 21.4. The van der Waals surface area contributed by atoms with Crippen molar-refractivity contribution >= 4 is 51.7 Å². The Morgan fingerprint density at radius 1 is 1.00 bits per heavy atom. The van der Waals surface area contributed by atoms with Crippen molar-refractivity contribution in [2.24, 2.45) is 0 Å². The molecule has 3 N–H and O–H groups in total. The third-order valence-corrected chi connectivity index (χ3v) is 6.98. The number of hydrogen-bond donors (Lipinski definition) is 3. The van der Waals surface area contributed by atoms with E-state index in [1.165, 1.54) is 0 Å². The molecule has 3 aromatic carbocycles. The lowest BCUT2D eigenvalue weighted by molar-refractivity contribution is -0.117. The van der Waals surface area contributed by atoms with E-state index in [0.29, 0.717) is 45.6 Å². The minimum atomic E-state index is -0.214. The largest absolute Gasteiger partial charge is 0.494 e. The Morgan fingerprint density at radius 3 is 2.50 bits per heavy atom. The van der Waals surface area contributed by atoms with E-state index in [1.807, 2.05) is 48.5 Å². The SMILES string of the molecule is COc1cc(N/C(=C2\C(=O)Nc3cc(Cl)ccc32)c2ccccc2)ccc1NC(=O)CN1CCN(C)CC1. The first-order valence-electron chi connectivity index (χ1n) is 12.5. The molecule has 0 aromatic heterocycles. The highest BCUT2D eigenvalue weighted by atomic mass is 35.5. The van der Waals surface area contributed by atoms with Crippen LogP contribution in [0.4, 0.5) is 17.1 Å². The van der Waals surface area contributed by atoms with Crippen LogP contribution in [0.25, 0.3) is 11.3 Å². The Hall–Kier alpha value is -3.85. The second-order valence-corrected chi connectivity index (χ2v) is 9.86. The number of benzene rings is 3. The van der Waals surface area contributed by atoms with Gasteiger partial charge >= 0.3 is 0 Å². The summed E-state index contributed by atoms with van der Waals surface area (Å²) in [5.74, 6) is 0.217. The summed E-state index contributed by atoms with van der Waals surface area (Å²) in [5, 5.41) is 9.87. The predicted octanol–water partition coefficient (Wildman–Crippen LogP) is 4.47. The van der Waals surface area contributed by atoms with Crippen molar-refractivity contribution in [1.82, 2.24) is 9.80 Å². The minimum absolute atomic E-state index is 0.0847. The van der Waals surface area contributed by atoms with Crippen molar-refractivity contribution in [3.8, 4) is 5.75 Å². The average molecular weight is 532 g/mol. The third-order valence-electron chi connectivity index (χ3n) is 6.75. The summed E-state index contributed by atoms with van der Waals surface area (Å²) in [4.78, 5) is 30.2. The summed E-state index contributed by atoms with van der Waals surface area (Å²) in [5.41, 5.74) is 4.76. The predicted molar refractivity (Wildman–Crippen MR) is 153 cm³/mol. The smallest absolute Gasteiger partial charge is 0.258 e. The Kier molecular flexibility index (Phi) is 7.64. The first kappa shape index (κ1) is 25.8. The summed E-state index contributed by atoms with van der Waals surface area (Å²) in [6, 6.07) is 20.5. The van der Waals surface area contributed by atoms with Crippen LogP contribution in [0.5, 0.6) is 5.75 Å². The number of carbonyl (C=O) groups is 2. The van der Waals surface area contributed by atoms with Gasteiger partial charge < -0.3 is 25.6 Å². The number of piperazine rings is 1. The average Bonchev–Trinajstić information content (AvgIpc) is 3.24. The molecule has 0 unspecified atom stereocenters. The number of halogens is 1. The standard InChI is InChI=1S/C29H30ClN5O3/c1-34-12-14-35(15-13-34)18-26(36)32-23-11-9-21(17-25(23)38-2)31-28(19-6-4-3-5-7-19)27-22-10-8-20(30)16-24(22)33-29(27)37/h3-11,16-17,31H,12-15,18H2,1-2H3,(H,32,36)(H,33,37)/b28-27-. The van der Waals surface area contributed by atoms with E-state index >= 15 is 0 Å². The van der Waals surface area contributed by atoms with Crippen LogP contribution in [0.1, 0.15) is 11.1 Å². The fourth-order valence-electron chi connectivity index (χ4n) is 4.69. The number of carbonyl (C=O) groups excluding carboxylic acids is 2. The maximum absolute atomic E-state index is 13.1. The molecule has 0 saturated carbocycles. The van der Waals surface area contributed by atoms with Crippen LogP contribution in [0, 0.1) is 0 Å². The fourth-order valence-corrected chi connectivity index (χ4v) is 4.86. The van der Waals surface area contributed by atoms with Gasteiger partial charge in [0.05, 0.1) is 36.3 Å². The van der Waals surface area contributed by atoms with Crippen LogP contribution in [0.15, 0.2) is 66.7 Å². The summed E-state index contributed by atoms with van der Waals surface area (Å²) in [6.45, 7) is 3.96. The van der Waals surface area contributed by atoms with Gasteiger partial charge in [-0.25, -0.2) is 0 Å². The molecule has 2 aliphatic rings. The third kappa shape index (κ3) is 5.67. The van der Waals surface area contributed by atoms with E-state index in [1.54, 1.807) is 25.3 Å². The monoisotopic (exact) mass is 531 g/mol. The van der Waals surface area contributed by atoms with Crippen LogP contribution < -0.4 is 20.7 Å². The molecule has 0 spiro atoms. The van der Waals surface area contributed by atoms with Crippen molar-refractivity contribution in [2.45, 2.75) is 0 Å². The van der Waals surface area contributed by atoms with Gasteiger partial charge in [0.15, 0.2) is 0 Å². The number of nitrogens with one attached hydrogen (secondary N) is 3. The molecule has 2 amide bonds. The van der Waals surface area contributed by atoms with E-state index in [9.17, 15) is 9.59 Å². The number of amides is 2. The Bertz CT molecular complexity index is 1380. The van der Waals surface area contributed by atoms with Crippen LogP contribution in [0.2, 0.25) is 5.02 Å². The molecule has 1 saturated heterocycles. The molecule has 5 rings (SSSR count). The second-order valence-electron chi connectivity index (χ2n) is 9.43. The lowest BCUT2D eigenvalue weighted by Crippen LogP contribution is -2.47. The van der Waals surface area contributed by atoms with Crippen molar-refractivity contribution in [2.75, 3.05) is 62.8 Å². The van der Waals surface area contributed by atoms with E-state index in [2.05, 4.69) is 32.8 Å². The lowest BCUT2D eigenvalue weighted by atomic mass is 10.00.